The van der Waals surface area contributed by atoms with Crippen molar-refractivity contribution in [2.24, 2.45) is 0 Å². The number of ether oxygens (including phenoxy) is 2. The first-order chi connectivity index (χ1) is 15.0. The molecule has 0 aromatic heterocycles. The molecule has 160 valence electrons. The van der Waals surface area contributed by atoms with E-state index >= 15 is 0 Å². The molecule has 3 aromatic carbocycles. The van der Waals surface area contributed by atoms with E-state index in [1.807, 2.05) is 30.3 Å². The average Bonchev–Trinajstić information content (AvgIpc) is 2.80. The van der Waals surface area contributed by atoms with Crippen LogP contribution in [0.4, 0.5) is 0 Å². The highest BCUT2D eigenvalue weighted by molar-refractivity contribution is 7.86. The minimum Gasteiger partial charge on any atom is -0.465 e. The molecule has 0 radical (unpaired) electrons. The van der Waals surface area contributed by atoms with E-state index in [1.165, 1.54) is 24.5 Å². The SMILES string of the molecule is O=C(/C=C/Oc1ccc(CCOS(=O)(=O)c2ccccc2)cc1)OCc1ccccc1. The number of esters is 1. The lowest BCUT2D eigenvalue weighted by Gasteiger charge is -2.06. The molecule has 0 atom stereocenters. The molecule has 0 aliphatic rings. The third kappa shape index (κ3) is 7.40. The van der Waals surface area contributed by atoms with Crippen LogP contribution in [-0.4, -0.2) is 21.0 Å². The van der Waals surface area contributed by atoms with Gasteiger partial charge in [0.05, 0.1) is 23.8 Å². The Labute approximate surface area is 181 Å². The summed E-state index contributed by atoms with van der Waals surface area (Å²) in [5, 5.41) is 0. The van der Waals surface area contributed by atoms with Crippen LogP contribution in [0, 0.1) is 0 Å². The Morgan fingerprint density at radius 1 is 0.806 bits per heavy atom. The molecular formula is C24H22O6S. The van der Waals surface area contributed by atoms with E-state index in [0.29, 0.717) is 12.2 Å². The molecule has 3 rings (SSSR count). The quantitative estimate of drug-likeness (QED) is 0.204. The van der Waals surface area contributed by atoms with Crippen LogP contribution in [0.1, 0.15) is 11.1 Å². The zero-order valence-corrected chi connectivity index (χ0v) is 17.5. The van der Waals surface area contributed by atoms with Crippen molar-refractivity contribution in [2.45, 2.75) is 17.9 Å². The van der Waals surface area contributed by atoms with Gasteiger partial charge in [-0.25, -0.2) is 4.79 Å². The Morgan fingerprint density at radius 2 is 1.45 bits per heavy atom. The molecule has 0 aliphatic heterocycles. The molecule has 0 fully saturated rings. The number of rotatable bonds is 10. The van der Waals surface area contributed by atoms with Crippen molar-refractivity contribution in [3.8, 4) is 5.75 Å². The van der Waals surface area contributed by atoms with E-state index in [1.54, 1.807) is 42.5 Å². The predicted molar refractivity (Wildman–Crippen MR) is 116 cm³/mol. The highest BCUT2D eigenvalue weighted by atomic mass is 32.2. The lowest BCUT2D eigenvalue weighted by Crippen LogP contribution is -2.09. The van der Waals surface area contributed by atoms with Crippen molar-refractivity contribution >= 4 is 16.1 Å². The molecule has 0 unspecified atom stereocenters. The summed E-state index contributed by atoms with van der Waals surface area (Å²) in [6, 6.07) is 24.5. The van der Waals surface area contributed by atoms with Crippen LogP contribution in [0.2, 0.25) is 0 Å². The van der Waals surface area contributed by atoms with Gasteiger partial charge in [-0.05, 0) is 41.8 Å². The third-order valence-corrected chi connectivity index (χ3v) is 5.54. The number of hydrogen-bond acceptors (Lipinski definition) is 6. The van der Waals surface area contributed by atoms with Crippen molar-refractivity contribution < 1.29 is 26.9 Å². The molecule has 6 nitrogen and oxygen atoms in total. The van der Waals surface area contributed by atoms with E-state index in [4.69, 9.17) is 13.7 Å². The molecule has 7 heteroatoms. The third-order valence-electron chi connectivity index (χ3n) is 4.22. The summed E-state index contributed by atoms with van der Waals surface area (Å²) >= 11 is 0. The Morgan fingerprint density at radius 3 is 2.13 bits per heavy atom. The monoisotopic (exact) mass is 438 g/mol. The van der Waals surface area contributed by atoms with E-state index in [9.17, 15) is 13.2 Å². The van der Waals surface area contributed by atoms with Gasteiger partial charge in [0.2, 0.25) is 0 Å². The summed E-state index contributed by atoms with van der Waals surface area (Å²) in [6.07, 6.45) is 2.89. The largest absolute Gasteiger partial charge is 0.465 e. The van der Waals surface area contributed by atoms with E-state index in [0.717, 1.165) is 11.1 Å². The number of carbonyl (C=O) groups excluding carboxylic acids is 1. The van der Waals surface area contributed by atoms with Crippen molar-refractivity contribution in [1.82, 2.24) is 0 Å². The maximum atomic E-state index is 12.1. The van der Waals surface area contributed by atoms with Crippen molar-refractivity contribution in [1.29, 1.82) is 0 Å². The normalized spacial score (nSPS) is 11.4. The zero-order chi connectivity index (χ0) is 21.9. The molecule has 0 spiro atoms. The molecule has 0 bridgehead atoms. The van der Waals surface area contributed by atoms with Crippen LogP contribution < -0.4 is 4.74 Å². The van der Waals surface area contributed by atoms with Crippen molar-refractivity contribution in [2.75, 3.05) is 6.61 Å². The molecule has 0 heterocycles. The first-order valence-corrected chi connectivity index (χ1v) is 11.0. The van der Waals surface area contributed by atoms with Crippen molar-refractivity contribution in [3.63, 3.8) is 0 Å². The minimum atomic E-state index is -3.76. The van der Waals surface area contributed by atoms with Crippen LogP contribution in [0.3, 0.4) is 0 Å². The summed E-state index contributed by atoms with van der Waals surface area (Å²) in [7, 11) is -3.76. The first-order valence-electron chi connectivity index (χ1n) is 9.60. The number of benzene rings is 3. The fraction of sp³-hybridized carbons (Fsp3) is 0.125. The molecule has 0 aliphatic carbocycles. The Balaban J connectivity index is 1.40. The van der Waals surface area contributed by atoms with Gasteiger partial charge in [0.1, 0.15) is 12.4 Å². The second-order valence-corrected chi connectivity index (χ2v) is 8.11. The van der Waals surface area contributed by atoms with Crippen LogP contribution in [0.25, 0.3) is 0 Å². The average molecular weight is 439 g/mol. The fourth-order valence-electron chi connectivity index (χ4n) is 2.60. The first kappa shape index (κ1) is 22.3. The lowest BCUT2D eigenvalue weighted by atomic mass is 10.1. The van der Waals surface area contributed by atoms with Gasteiger partial charge in [0.25, 0.3) is 10.1 Å². The topological polar surface area (TPSA) is 78.9 Å². The van der Waals surface area contributed by atoms with Gasteiger partial charge in [0, 0.05) is 0 Å². The Bertz CT molecular complexity index is 1090. The van der Waals surface area contributed by atoms with Gasteiger partial charge in [0.15, 0.2) is 0 Å². The van der Waals surface area contributed by atoms with Crippen LogP contribution in [0.5, 0.6) is 5.75 Å². The zero-order valence-electron chi connectivity index (χ0n) is 16.7. The smallest absolute Gasteiger partial charge is 0.334 e. The lowest BCUT2D eigenvalue weighted by molar-refractivity contribution is -0.139. The summed E-state index contributed by atoms with van der Waals surface area (Å²) in [5.74, 6) is 0.0333. The number of hydrogen-bond donors (Lipinski definition) is 0. The van der Waals surface area contributed by atoms with Gasteiger partial charge in [-0.15, -0.1) is 0 Å². The van der Waals surface area contributed by atoms with Gasteiger partial charge in [-0.3, -0.25) is 4.18 Å². The summed E-state index contributed by atoms with van der Waals surface area (Å²) in [5.41, 5.74) is 1.79. The molecule has 0 saturated heterocycles. The maximum absolute atomic E-state index is 12.1. The Hall–Kier alpha value is -3.42. The number of carbonyl (C=O) groups is 1. The van der Waals surface area contributed by atoms with Crippen molar-refractivity contribution in [3.05, 3.63) is 108 Å². The van der Waals surface area contributed by atoms with Gasteiger partial charge in [-0.2, -0.15) is 8.42 Å². The van der Waals surface area contributed by atoms with Crippen LogP contribution >= 0.6 is 0 Å². The Kier molecular flexibility index (Phi) is 7.98. The minimum absolute atomic E-state index is 0.0323. The molecule has 3 aromatic rings. The highest BCUT2D eigenvalue weighted by Crippen LogP contribution is 2.15. The molecule has 0 amide bonds. The summed E-state index contributed by atoms with van der Waals surface area (Å²) in [4.78, 5) is 11.8. The second-order valence-electron chi connectivity index (χ2n) is 6.50. The van der Waals surface area contributed by atoms with Gasteiger partial charge in [-0.1, -0.05) is 60.7 Å². The van der Waals surface area contributed by atoms with Gasteiger partial charge < -0.3 is 9.47 Å². The summed E-state index contributed by atoms with van der Waals surface area (Å²) in [6.45, 7) is 0.228. The van der Waals surface area contributed by atoms with E-state index < -0.39 is 16.1 Å². The standard InChI is InChI=1S/C24H22O6S/c25-24(29-19-21-7-3-1-4-8-21)16-17-28-22-13-11-20(12-14-22)15-18-30-31(26,27)23-9-5-2-6-10-23/h1-14,16-17H,15,18-19H2/b17-16+. The molecule has 0 saturated carbocycles. The molecule has 0 N–H and O–H groups in total. The van der Waals surface area contributed by atoms with Crippen LogP contribution in [0.15, 0.2) is 102 Å². The van der Waals surface area contributed by atoms with Crippen LogP contribution in [-0.2, 0) is 36.9 Å². The predicted octanol–water partition coefficient (Wildman–Crippen LogP) is 4.27. The van der Waals surface area contributed by atoms with Gasteiger partial charge >= 0.3 is 5.97 Å². The fourth-order valence-corrected chi connectivity index (χ4v) is 3.53. The summed E-state index contributed by atoms with van der Waals surface area (Å²) < 4.78 is 39.8. The maximum Gasteiger partial charge on any atom is 0.334 e. The second kappa shape index (κ2) is 11.1. The molecular weight excluding hydrogens is 416 g/mol. The molecule has 31 heavy (non-hydrogen) atoms. The highest BCUT2D eigenvalue weighted by Gasteiger charge is 2.14. The van der Waals surface area contributed by atoms with E-state index in [-0.39, 0.29) is 18.1 Å². The van der Waals surface area contributed by atoms with E-state index in [2.05, 4.69) is 0 Å².